The van der Waals surface area contributed by atoms with Gasteiger partial charge in [-0.05, 0) is 84.5 Å². The highest BCUT2D eigenvalue weighted by atomic mass is 35.5. The highest BCUT2D eigenvalue weighted by molar-refractivity contribution is 6.33. The third-order valence-corrected chi connectivity index (χ3v) is 6.59. The van der Waals surface area contributed by atoms with Crippen molar-refractivity contribution in [2.24, 2.45) is 0 Å². The molecule has 1 aliphatic heterocycles. The molecule has 2 aliphatic carbocycles. The van der Waals surface area contributed by atoms with E-state index in [2.05, 4.69) is 35.4 Å². The van der Waals surface area contributed by atoms with Crippen LogP contribution in [0.5, 0.6) is 0 Å². The number of anilines is 1. The number of hydrogen-bond acceptors (Lipinski definition) is 2. The number of halogens is 2. The zero-order valence-corrected chi connectivity index (χ0v) is 16.1. The van der Waals surface area contributed by atoms with Crippen LogP contribution in [0.4, 0.5) is 5.69 Å². The fourth-order valence-corrected chi connectivity index (χ4v) is 4.62. The van der Waals surface area contributed by atoms with E-state index >= 15 is 0 Å². The monoisotopic (exact) mass is 384 g/mol. The molecule has 2 saturated carbocycles. The molecule has 2 aromatic rings. The Kier molecular flexibility index (Phi) is 3.77. The highest BCUT2D eigenvalue weighted by Gasteiger charge is 2.50. The fraction of sp³-hybridized carbons (Fsp3) is 0.364. The van der Waals surface area contributed by atoms with E-state index in [0.717, 1.165) is 27.7 Å². The normalized spacial score (nSPS) is 22.5. The smallest absolute Gasteiger partial charge is 0.0537 e. The van der Waals surface area contributed by atoms with Crippen LogP contribution >= 0.6 is 23.2 Å². The van der Waals surface area contributed by atoms with Crippen molar-refractivity contribution in [3.05, 3.63) is 69.7 Å². The van der Waals surface area contributed by atoms with Crippen LogP contribution in [0, 0.1) is 0 Å². The molecule has 2 aromatic carbocycles. The van der Waals surface area contributed by atoms with Crippen molar-refractivity contribution >= 4 is 34.6 Å². The first-order valence-electron chi connectivity index (χ1n) is 9.36. The number of hydrogen-bond donors (Lipinski definition) is 2. The molecule has 3 aliphatic rings. The Morgan fingerprint density at radius 2 is 1.92 bits per heavy atom. The van der Waals surface area contributed by atoms with Gasteiger partial charge in [0.2, 0.25) is 0 Å². The van der Waals surface area contributed by atoms with Crippen LogP contribution in [0.3, 0.4) is 0 Å². The highest BCUT2D eigenvalue weighted by Crippen LogP contribution is 2.59. The zero-order valence-electron chi connectivity index (χ0n) is 14.6. The van der Waals surface area contributed by atoms with Gasteiger partial charge in [0.05, 0.1) is 6.04 Å². The van der Waals surface area contributed by atoms with E-state index in [1.807, 2.05) is 18.2 Å². The maximum absolute atomic E-state index is 6.47. The first-order chi connectivity index (χ1) is 12.5. The van der Waals surface area contributed by atoms with E-state index in [0.29, 0.717) is 6.04 Å². The Morgan fingerprint density at radius 1 is 1.12 bits per heavy atom. The number of rotatable bonds is 4. The molecular weight excluding hydrogens is 363 g/mol. The Labute approximate surface area is 164 Å². The molecular formula is C22H22Cl2N2. The summed E-state index contributed by atoms with van der Waals surface area (Å²) in [5.41, 5.74) is 6.28. The topological polar surface area (TPSA) is 24.1 Å². The molecule has 1 unspecified atom stereocenters. The van der Waals surface area contributed by atoms with Crippen molar-refractivity contribution in [1.82, 2.24) is 5.32 Å². The molecule has 1 heterocycles. The number of nitrogens with one attached hydrogen (secondary N) is 2. The summed E-state index contributed by atoms with van der Waals surface area (Å²) in [6.07, 6.45) is 6.06. The summed E-state index contributed by atoms with van der Waals surface area (Å²) in [4.78, 5) is 0. The van der Waals surface area contributed by atoms with Gasteiger partial charge >= 0.3 is 0 Å². The van der Waals surface area contributed by atoms with Gasteiger partial charge in [0.25, 0.3) is 0 Å². The molecule has 2 nitrogen and oxygen atoms in total. The molecule has 4 heteroatoms. The summed E-state index contributed by atoms with van der Waals surface area (Å²) in [7, 11) is 0. The van der Waals surface area contributed by atoms with Crippen molar-refractivity contribution in [2.45, 2.75) is 49.6 Å². The average Bonchev–Trinajstić information content (AvgIpc) is 3.55. The first-order valence-corrected chi connectivity index (χ1v) is 10.1. The lowest BCUT2D eigenvalue weighted by Crippen LogP contribution is -2.26. The molecule has 0 aromatic heterocycles. The fourth-order valence-electron chi connectivity index (χ4n) is 4.19. The molecule has 2 fully saturated rings. The maximum atomic E-state index is 6.47. The van der Waals surface area contributed by atoms with Crippen LogP contribution < -0.4 is 10.6 Å². The first kappa shape index (κ1) is 16.5. The van der Waals surface area contributed by atoms with Crippen LogP contribution in [0.15, 0.2) is 43.0 Å². The molecule has 0 bridgehead atoms. The second-order valence-electron chi connectivity index (χ2n) is 8.00. The van der Waals surface area contributed by atoms with Crippen LogP contribution in [-0.4, -0.2) is 6.04 Å². The van der Waals surface area contributed by atoms with E-state index in [1.165, 1.54) is 42.5 Å². The van der Waals surface area contributed by atoms with Crippen molar-refractivity contribution in [2.75, 3.05) is 5.32 Å². The Hall–Kier alpha value is -1.64. The quantitative estimate of drug-likeness (QED) is 0.645. The molecule has 5 rings (SSSR count). The lowest BCUT2D eigenvalue weighted by atomic mass is 9.81. The number of fused-ring (bicyclic) bond motifs is 2. The van der Waals surface area contributed by atoms with Gasteiger partial charge in [-0.3, -0.25) is 0 Å². The maximum Gasteiger partial charge on any atom is 0.0537 e. The standard InChI is InChI=1S/C22H22Cl2N2/c1-13(25-16-4-5-16)14-2-7-20-18(10-14)22(8-9-22)12-21(26-20)17-11-15(23)3-6-19(17)24/h2-3,6-7,10-11,16,21,25-26H,1,4-5,8-9,12H2. The largest absolute Gasteiger partial charge is 0.382 e. The van der Waals surface area contributed by atoms with Crippen LogP contribution in [0.25, 0.3) is 5.70 Å². The van der Waals surface area contributed by atoms with Crippen molar-refractivity contribution < 1.29 is 0 Å². The van der Waals surface area contributed by atoms with Crippen molar-refractivity contribution in [3.63, 3.8) is 0 Å². The lowest BCUT2D eigenvalue weighted by Gasteiger charge is -2.35. The summed E-state index contributed by atoms with van der Waals surface area (Å²) in [6, 6.07) is 13.3. The van der Waals surface area contributed by atoms with Crippen molar-refractivity contribution in [1.29, 1.82) is 0 Å². The molecule has 2 N–H and O–H groups in total. The van der Waals surface area contributed by atoms with Crippen LogP contribution in [0.1, 0.15) is 54.8 Å². The van der Waals surface area contributed by atoms with Gasteiger partial charge in [0.1, 0.15) is 0 Å². The predicted molar refractivity (Wildman–Crippen MR) is 110 cm³/mol. The summed E-state index contributed by atoms with van der Waals surface area (Å²) in [6.45, 7) is 4.24. The zero-order chi connectivity index (χ0) is 17.9. The minimum Gasteiger partial charge on any atom is -0.382 e. The predicted octanol–water partition coefficient (Wildman–Crippen LogP) is 6.30. The van der Waals surface area contributed by atoms with Gasteiger partial charge < -0.3 is 10.6 Å². The average molecular weight is 385 g/mol. The third kappa shape index (κ3) is 2.90. The molecule has 134 valence electrons. The van der Waals surface area contributed by atoms with Gasteiger partial charge in [-0.15, -0.1) is 0 Å². The minimum absolute atomic E-state index is 0.204. The minimum atomic E-state index is 0.204. The molecule has 0 radical (unpaired) electrons. The van der Waals surface area contributed by atoms with E-state index in [-0.39, 0.29) is 11.5 Å². The van der Waals surface area contributed by atoms with Gasteiger partial charge in [-0.2, -0.15) is 0 Å². The second kappa shape index (κ2) is 5.94. The SMILES string of the molecule is C=C(NC1CC1)c1ccc2c(c1)C1(CC1)CC(c1cc(Cl)ccc1Cl)N2. The Morgan fingerprint density at radius 3 is 2.65 bits per heavy atom. The van der Waals surface area contributed by atoms with E-state index in [1.54, 1.807) is 0 Å². The summed E-state index contributed by atoms with van der Waals surface area (Å²) in [5, 5.41) is 8.75. The summed E-state index contributed by atoms with van der Waals surface area (Å²) >= 11 is 12.7. The van der Waals surface area contributed by atoms with E-state index in [4.69, 9.17) is 23.2 Å². The Bertz CT molecular complexity index is 897. The van der Waals surface area contributed by atoms with Gasteiger partial charge in [0.15, 0.2) is 0 Å². The summed E-state index contributed by atoms with van der Waals surface area (Å²) < 4.78 is 0. The van der Waals surface area contributed by atoms with E-state index < -0.39 is 0 Å². The molecule has 0 saturated heterocycles. The van der Waals surface area contributed by atoms with Gasteiger partial charge in [-0.25, -0.2) is 0 Å². The molecule has 26 heavy (non-hydrogen) atoms. The van der Waals surface area contributed by atoms with Crippen LogP contribution in [0.2, 0.25) is 10.0 Å². The van der Waals surface area contributed by atoms with E-state index in [9.17, 15) is 0 Å². The van der Waals surface area contributed by atoms with Crippen molar-refractivity contribution in [3.8, 4) is 0 Å². The molecule has 1 spiro atoms. The summed E-state index contributed by atoms with van der Waals surface area (Å²) in [5.74, 6) is 0. The molecule has 1 atom stereocenters. The second-order valence-corrected chi connectivity index (χ2v) is 8.85. The molecule has 0 amide bonds. The van der Waals surface area contributed by atoms with Gasteiger partial charge in [-0.1, -0.05) is 35.8 Å². The lowest BCUT2D eigenvalue weighted by molar-refractivity contribution is 0.533. The Balaban J connectivity index is 1.48. The van der Waals surface area contributed by atoms with Crippen LogP contribution in [-0.2, 0) is 5.41 Å². The van der Waals surface area contributed by atoms with Gasteiger partial charge in [0, 0.05) is 27.5 Å². The third-order valence-electron chi connectivity index (χ3n) is 6.01. The number of benzene rings is 2.